The average Bonchev–Trinajstić information content (AvgIpc) is 2.89. The Labute approximate surface area is 105 Å². The van der Waals surface area contributed by atoms with Crippen LogP contribution < -0.4 is 0 Å². The van der Waals surface area contributed by atoms with Crippen molar-refractivity contribution in [1.29, 1.82) is 0 Å². The summed E-state index contributed by atoms with van der Waals surface area (Å²) >= 11 is 0. The number of carbonyl (C=O) groups excluding carboxylic acids is 1. The molecule has 0 radical (unpaired) electrons. The number of hydrogen-bond donors (Lipinski definition) is 1. The Morgan fingerprint density at radius 3 is 2.89 bits per heavy atom. The molecular formula is C14H14N2O2. The summed E-state index contributed by atoms with van der Waals surface area (Å²) in [4.78, 5) is 16.2. The van der Waals surface area contributed by atoms with Gasteiger partial charge in [-0.05, 0) is 36.2 Å². The fourth-order valence-electron chi connectivity index (χ4n) is 2.53. The highest BCUT2D eigenvalue weighted by Gasteiger charge is 2.33. The number of fused-ring (bicyclic) bond motifs is 1. The molecule has 0 unspecified atom stereocenters. The number of rotatable bonds is 2. The largest absolute Gasteiger partial charge is 0.388 e. The monoisotopic (exact) mass is 242 g/mol. The summed E-state index contributed by atoms with van der Waals surface area (Å²) in [6.45, 7) is 0.779. The lowest BCUT2D eigenvalue weighted by Gasteiger charge is -2.27. The van der Waals surface area contributed by atoms with Gasteiger partial charge < -0.3 is 9.67 Å². The first-order chi connectivity index (χ1) is 8.77. The van der Waals surface area contributed by atoms with Gasteiger partial charge in [0.2, 0.25) is 0 Å². The molecule has 92 valence electrons. The first-order valence-corrected chi connectivity index (χ1v) is 6.05. The van der Waals surface area contributed by atoms with Crippen LogP contribution in [0.15, 0.2) is 42.9 Å². The first kappa shape index (κ1) is 11.2. The highest BCUT2D eigenvalue weighted by atomic mass is 16.3. The molecule has 1 aliphatic rings. The van der Waals surface area contributed by atoms with E-state index in [1.807, 2.05) is 22.9 Å². The number of hydrogen-bond acceptors (Lipinski definition) is 3. The molecule has 2 aromatic heterocycles. The van der Waals surface area contributed by atoms with E-state index in [-0.39, 0.29) is 11.7 Å². The van der Waals surface area contributed by atoms with Crippen LogP contribution in [0.3, 0.4) is 0 Å². The molecule has 0 saturated carbocycles. The average molecular weight is 242 g/mol. The van der Waals surface area contributed by atoms with Gasteiger partial charge in [-0.15, -0.1) is 0 Å². The van der Waals surface area contributed by atoms with E-state index in [2.05, 4.69) is 4.98 Å². The van der Waals surface area contributed by atoms with Gasteiger partial charge in [-0.3, -0.25) is 9.78 Å². The fraction of sp³-hybridized carbons (Fsp3) is 0.286. The predicted octanol–water partition coefficient (Wildman–Crippen LogP) is 1.82. The molecule has 4 nitrogen and oxygen atoms in total. The zero-order valence-electron chi connectivity index (χ0n) is 9.86. The van der Waals surface area contributed by atoms with Crippen LogP contribution in [0.5, 0.6) is 0 Å². The molecule has 2 aromatic rings. The van der Waals surface area contributed by atoms with E-state index in [0.717, 1.165) is 12.1 Å². The third-order valence-electron chi connectivity index (χ3n) is 3.53. The van der Waals surface area contributed by atoms with E-state index >= 15 is 0 Å². The van der Waals surface area contributed by atoms with Crippen molar-refractivity contribution < 1.29 is 9.90 Å². The van der Waals surface area contributed by atoms with Crippen LogP contribution >= 0.6 is 0 Å². The van der Waals surface area contributed by atoms with Crippen molar-refractivity contribution in [2.24, 2.45) is 5.92 Å². The predicted molar refractivity (Wildman–Crippen MR) is 66.1 cm³/mol. The Hall–Kier alpha value is -1.94. The highest BCUT2D eigenvalue weighted by Crippen LogP contribution is 2.31. The molecule has 0 amide bonds. The molecule has 18 heavy (non-hydrogen) atoms. The van der Waals surface area contributed by atoms with Crippen molar-refractivity contribution in [2.75, 3.05) is 0 Å². The Kier molecular flexibility index (Phi) is 2.72. The molecule has 2 atom stereocenters. The van der Waals surface area contributed by atoms with Crippen LogP contribution in [0.4, 0.5) is 0 Å². The van der Waals surface area contributed by atoms with Crippen molar-refractivity contribution >= 4 is 5.78 Å². The quantitative estimate of drug-likeness (QED) is 0.874. The molecule has 3 rings (SSSR count). The van der Waals surface area contributed by atoms with Crippen LogP contribution in [-0.4, -0.2) is 20.4 Å². The standard InChI is InChI=1S/C14H14N2O2/c17-13(10-3-6-15-7-4-10)11-5-9-16-8-1-2-12(16)14(11)18/h1-4,6-8,11,13,17H,5,9H2/t11-,13-/m0/s1. The molecule has 0 fully saturated rings. The van der Waals surface area contributed by atoms with Gasteiger partial charge in [-0.2, -0.15) is 0 Å². The zero-order valence-corrected chi connectivity index (χ0v) is 9.86. The van der Waals surface area contributed by atoms with Gasteiger partial charge in [0.15, 0.2) is 5.78 Å². The number of aryl methyl sites for hydroxylation is 1. The van der Waals surface area contributed by atoms with Gasteiger partial charge in [0.05, 0.1) is 17.7 Å². The van der Waals surface area contributed by atoms with E-state index in [4.69, 9.17) is 0 Å². The molecule has 0 aromatic carbocycles. The Morgan fingerprint density at radius 2 is 2.11 bits per heavy atom. The van der Waals surface area contributed by atoms with Crippen LogP contribution in [-0.2, 0) is 6.54 Å². The van der Waals surface area contributed by atoms with Crippen molar-refractivity contribution in [3.05, 3.63) is 54.1 Å². The van der Waals surface area contributed by atoms with E-state index in [1.165, 1.54) is 0 Å². The van der Waals surface area contributed by atoms with E-state index < -0.39 is 6.10 Å². The third kappa shape index (κ3) is 1.75. The minimum Gasteiger partial charge on any atom is -0.388 e. The number of ketones is 1. The Bertz CT molecular complexity index is 562. The summed E-state index contributed by atoms with van der Waals surface area (Å²) in [5.41, 5.74) is 1.45. The molecule has 4 heteroatoms. The first-order valence-electron chi connectivity index (χ1n) is 6.05. The summed E-state index contributed by atoms with van der Waals surface area (Å²) < 4.78 is 1.94. The number of aliphatic hydroxyl groups excluding tert-OH is 1. The van der Waals surface area contributed by atoms with Crippen molar-refractivity contribution in [2.45, 2.75) is 19.1 Å². The SMILES string of the molecule is O=C1c2cccn2CC[C@H]1[C@@H](O)c1ccncc1. The number of Topliss-reactive ketones (excluding diaryl/α,β-unsaturated/α-hetero) is 1. The van der Waals surface area contributed by atoms with Gasteiger partial charge in [0, 0.05) is 25.1 Å². The highest BCUT2D eigenvalue weighted by molar-refractivity contribution is 5.97. The van der Waals surface area contributed by atoms with Gasteiger partial charge in [0.1, 0.15) is 0 Å². The summed E-state index contributed by atoms with van der Waals surface area (Å²) in [6.07, 6.45) is 5.10. The lowest BCUT2D eigenvalue weighted by atomic mass is 9.86. The van der Waals surface area contributed by atoms with E-state index in [1.54, 1.807) is 24.5 Å². The van der Waals surface area contributed by atoms with Crippen LogP contribution in [0, 0.1) is 5.92 Å². The molecule has 3 heterocycles. The third-order valence-corrected chi connectivity index (χ3v) is 3.53. The maximum Gasteiger partial charge on any atom is 0.185 e. The fourth-order valence-corrected chi connectivity index (χ4v) is 2.53. The normalized spacial score (nSPS) is 20.5. The molecule has 1 aliphatic heterocycles. The number of nitrogens with zero attached hydrogens (tertiary/aromatic N) is 2. The van der Waals surface area contributed by atoms with Crippen molar-refractivity contribution in [3.8, 4) is 0 Å². The number of pyridine rings is 1. The summed E-state index contributed by atoms with van der Waals surface area (Å²) in [5, 5.41) is 10.3. The minimum absolute atomic E-state index is 0.0237. The molecular weight excluding hydrogens is 228 g/mol. The lowest BCUT2D eigenvalue weighted by molar-refractivity contribution is 0.0599. The Morgan fingerprint density at radius 1 is 1.33 bits per heavy atom. The van der Waals surface area contributed by atoms with Gasteiger partial charge in [-0.25, -0.2) is 0 Å². The molecule has 0 aliphatic carbocycles. The second-order valence-corrected chi connectivity index (χ2v) is 4.57. The summed E-state index contributed by atoms with van der Waals surface area (Å²) in [7, 11) is 0. The van der Waals surface area contributed by atoms with Gasteiger partial charge in [0.25, 0.3) is 0 Å². The van der Waals surface area contributed by atoms with E-state index in [9.17, 15) is 9.90 Å². The van der Waals surface area contributed by atoms with Crippen LogP contribution in [0.1, 0.15) is 28.6 Å². The maximum absolute atomic E-state index is 12.3. The number of aromatic nitrogens is 2. The molecule has 0 spiro atoms. The molecule has 0 saturated heterocycles. The van der Waals surface area contributed by atoms with E-state index in [0.29, 0.717) is 12.1 Å². The second kappa shape index (κ2) is 4.38. The molecule has 0 bridgehead atoms. The summed E-state index contributed by atoms with van der Waals surface area (Å²) in [5.74, 6) is -0.328. The zero-order chi connectivity index (χ0) is 12.5. The van der Waals surface area contributed by atoms with Gasteiger partial charge in [-0.1, -0.05) is 0 Å². The van der Waals surface area contributed by atoms with Crippen molar-refractivity contribution in [3.63, 3.8) is 0 Å². The van der Waals surface area contributed by atoms with Crippen LogP contribution in [0.25, 0.3) is 0 Å². The Balaban J connectivity index is 1.89. The minimum atomic E-state index is -0.746. The van der Waals surface area contributed by atoms with Gasteiger partial charge >= 0.3 is 0 Å². The van der Waals surface area contributed by atoms with Crippen LogP contribution in [0.2, 0.25) is 0 Å². The number of aliphatic hydroxyl groups is 1. The smallest absolute Gasteiger partial charge is 0.185 e. The number of carbonyl (C=O) groups is 1. The summed E-state index contributed by atoms with van der Waals surface area (Å²) in [6, 6.07) is 7.19. The maximum atomic E-state index is 12.3. The lowest BCUT2D eigenvalue weighted by Crippen LogP contribution is -2.30. The van der Waals surface area contributed by atoms with Crippen molar-refractivity contribution in [1.82, 2.24) is 9.55 Å². The second-order valence-electron chi connectivity index (χ2n) is 4.57. The molecule has 1 N–H and O–H groups in total. The topological polar surface area (TPSA) is 55.1 Å².